The van der Waals surface area contributed by atoms with E-state index in [9.17, 15) is 14.4 Å². The minimum absolute atomic E-state index is 0.0845. The Hall–Kier alpha value is -4.70. The van der Waals surface area contributed by atoms with E-state index in [1.54, 1.807) is 54.6 Å². The molecule has 5 aromatic rings. The van der Waals surface area contributed by atoms with Crippen molar-refractivity contribution in [3.63, 3.8) is 0 Å². The minimum Gasteiger partial charge on any atom is -0.321 e. The standard InChI is InChI=1S/C35H26BrClN4O3S/c36-26-13-11-23(12-14-26)21-30(40-33(42)25-9-5-2-6-10-25)34(43)39-28-16-18-29(19-17-28)45-32(24-7-3-1-4-8-24)35(44)41-31-20-15-27(37)22-38-31/h1-22,32H,(H,39,43)(H,40,42)(H,38,41,44)/b30-21-. The number of pyridine rings is 1. The Morgan fingerprint density at radius 3 is 2.09 bits per heavy atom. The molecule has 45 heavy (non-hydrogen) atoms. The molecule has 5 rings (SSSR count). The molecule has 0 fully saturated rings. The molecule has 3 N–H and O–H groups in total. The highest BCUT2D eigenvalue weighted by Crippen LogP contribution is 2.36. The van der Waals surface area contributed by atoms with E-state index in [0.29, 0.717) is 22.1 Å². The summed E-state index contributed by atoms with van der Waals surface area (Å²) < 4.78 is 0.894. The van der Waals surface area contributed by atoms with E-state index < -0.39 is 17.1 Å². The zero-order chi connectivity index (χ0) is 31.6. The van der Waals surface area contributed by atoms with Crippen molar-refractivity contribution in [1.29, 1.82) is 0 Å². The molecule has 224 valence electrons. The summed E-state index contributed by atoms with van der Waals surface area (Å²) in [4.78, 5) is 44.7. The summed E-state index contributed by atoms with van der Waals surface area (Å²) in [7, 11) is 0. The molecule has 7 nitrogen and oxygen atoms in total. The van der Waals surface area contributed by atoms with Crippen molar-refractivity contribution in [3.8, 4) is 0 Å². The van der Waals surface area contributed by atoms with Gasteiger partial charge in [0.1, 0.15) is 16.8 Å². The van der Waals surface area contributed by atoms with Crippen LogP contribution in [0.25, 0.3) is 6.08 Å². The minimum atomic E-state index is -0.572. The molecule has 1 atom stereocenters. The van der Waals surface area contributed by atoms with Crippen molar-refractivity contribution in [3.05, 3.63) is 159 Å². The lowest BCUT2D eigenvalue weighted by Gasteiger charge is -2.17. The SMILES string of the molecule is O=C(Nc1ccc(SC(C(=O)Nc2ccc(Cl)cn2)c2ccccc2)cc1)/C(=C/c1ccc(Br)cc1)NC(=O)c1ccccc1. The average Bonchev–Trinajstić information content (AvgIpc) is 3.06. The first-order chi connectivity index (χ1) is 21.8. The number of benzene rings is 4. The van der Waals surface area contributed by atoms with Gasteiger partial charge in [0, 0.05) is 26.8 Å². The van der Waals surface area contributed by atoms with Gasteiger partial charge in [-0.05, 0) is 77.9 Å². The number of rotatable bonds is 10. The third-order valence-electron chi connectivity index (χ3n) is 6.40. The van der Waals surface area contributed by atoms with Gasteiger partial charge in [0.2, 0.25) is 5.91 Å². The first-order valence-electron chi connectivity index (χ1n) is 13.7. The Kier molecular flexibility index (Phi) is 10.8. The van der Waals surface area contributed by atoms with E-state index in [0.717, 1.165) is 20.5 Å². The number of nitrogens with zero attached hydrogens (tertiary/aromatic N) is 1. The lowest BCUT2D eigenvalue weighted by Crippen LogP contribution is -2.30. The summed E-state index contributed by atoms with van der Waals surface area (Å²) in [6.07, 6.45) is 3.09. The summed E-state index contributed by atoms with van der Waals surface area (Å²) in [5.74, 6) is -0.731. The lowest BCUT2D eigenvalue weighted by atomic mass is 10.1. The van der Waals surface area contributed by atoms with Crippen LogP contribution >= 0.6 is 39.3 Å². The van der Waals surface area contributed by atoms with Crippen molar-refractivity contribution in [2.75, 3.05) is 10.6 Å². The van der Waals surface area contributed by atoms with Crippen molar-refractivity contribution in [2.24, 2.45) is 0 Å². The molecule has 0 radical (unpaired) electrons. The molecule has 1 aromatic heterocycles. The Labute approximate surface area is 278 Å². The summed E-state index contributed by atoms with van der Waals surface area (Å²) >= 11 is 10.7. The van der Waals surface area contributed by atoms with E-state index in [1.807, 2.05) is 72.8 Å². The second-order valence-corrected chi connectivity index (χ2v) is 12.2. The van der Waals surface area contributed by atoms with Gasteiger partial charge in [-0.1, -0.05) is 88.2 Å². The largest absolute Gasteiger partial charge is 0.321 e. The Morgan fingerprint density at radius 1 is 0.778 bits per heavy atom. The summed E-state index contributed by atoms with van der Waals surface area (Å²) in [6.45, 7) is 0. The molecule has 1 heterocycles. The van der Waals surface area contributed by atoms with Crippen LogP contribution in [0.15, 0.2) is 143 Å². The number of hydrogen-bond donors (Lipinski definition) is 3. The third-order valence-corrected chi connectivity index (χ3v) is 8.41. The molecule has 0 bridgehead atoms. The molecule has 0 saturated heterocycles. The highest BCUT2D eigenvalue weighted by atomic mass is 79.9. The number of nitrogens with one attached hydrogen (secondary N) is 3. The van der Waals surface area contributed by atoms with Gasteiger partial charge in [-0.2, -0.15) is 0 Å². The van der Waals surface area contributed by atoms with Crippen LogP contribution in [0.2, 0.25) is 5.02 Å². The number of thioether (sulfide) groups is 1. The molecule has 0 aliphatic heterocycles. The fourth-order valence-electron chi connectivity index (χ4n) is 4.16. The number of aromatic nitrogens is 1. The zero-order valence-electron chi connectivity index (χ0n) is 23.6. The van der Waals surface area contributed by atoms with Gasteiger partial charge in [-0.15, -0.1) is 11.8 Å². The van der Waals surface area contributed by atoms with E-state index >= 15 is 0 Å². The monoisotopic (exact) mass is 696 g/mol. The Balaban J connectivity index is 1.32. The maximum Gasteiger partial charge on any atom is 0.272 e. The van der Waals surface area contributed by atoms with Crippen molar-refractivity contribution < 1.29 is 14.4 Å². The summed E-state index contributed by atoms with van der Waals surface area (Å²) in [5, 5.41) is 8.37. The van der Waals surface area contributed by atoms with Gasteiger partial charge in [-0.3, -0.25) is 14.4 Å². The maximum atomic E-state index is 13.4. The molecule has 10 heteroatoms. The Bertz CT molecular complexity index is 1800. The molecule has 0 aliphatic rings. The first kappa shape index (κ1) is 31.7. The second kappa shape index (κ2) is 15.3. The van der Waals surface area contributed by atoms with Crippen LogP contribution in [-0.2, 0) is 9.59 Å². The van der Waals surface area contributed by atoms with Crippen molar-refractivity contribution in [1.82, 2.24) is 10.3 Å². The average molecular weight is 698 g/mol. The highest BCUT2D eigenvalue weighted by molar-refractivity contribution is 9.10. The molecule has 0 saturated carbocycles. The molecular weight excluding hydrogens is 672 g/mol. The molecule has 4 aromatic carbocycles. The quantitative estimate of drug-likeness (QED) is 0.101. The van der Waals surface area contributed by atoms with Crippen LogP contribution < -0.4 is 16.0 Å². The third kappa shape index (κ3) is 9.15. The molecule has 1 unspecified atom stereocenters. The first-order valence-corrected chi connectivity index (χ1v) is 15.8. The van der Waals surface area contributed by atoms with Gasteiger partial charge in [0.15, 0.2) is 0 Å². The predicted molar refractivity (Wildman–Crippen MR) is 184 cm³/mol. The highest BCUT2D eigenvalue weighted by Gasteiger charge is 2.23. The number of halogens is 2. The smallest absolute Gasteiger partial charge is 0.272 e. The lowest BCUT2D eigenvalue weighted by molar-refractivity contribution is -0.116. The van der Waals surface area contributed by atoms with Gasteiger partial charge < -0.3 is 16.0 Å². The zero-order valence-corrected chi connectivity index (χ0v) is 26.8. The van der Waals surface area contributed by atoms with Crippen LogP contribution in [0.1, 0.15) is 26.7 Å². The number of carbonyl (C=O) groups excluding carboxylic acids is 3. The van der Waals surface area contributed by atoms with Crippen LogP contribution in [-0.4, -0.2) is 22.7 Å². The van der Waals surface area contributed by atoms with E-state index in [-0.39, 0.29) is 11.6 Å². The fraction of sp³-hybridized carbons (Fsp3) is 0.0286. The van der Waals surface area contributed by atoms with E-state index in [4.69, 9.17) is 11.6 Å². The van der Waals surface area contributed by atoms with Gasteiger partial charge in [-0.25, -0.2) is 4.98 Å². The normalized spacial score (nSPS) is 11.7. The molecule has 0 aliphatic carbocycles. The number of amides is 3. The van der Waals surface area contributed by atoms with Crippen LogP contribution in [0, 0.1) is 0 Å². The van der Waals surface area contributed by atoms with Gasteiger partial charge in [0.05, 0.1) is 5.02 Å². The number of carbonyl (C=O) groups is 3. The Morgan fingerprint density at radius 2 is 1.44 bits per heavy atom. The maximum absolute atomic E-state index is 13.4. The number of anilines is 2. The van der Waals surface area contributed by atoms with Gasteiger partial charge >= 0.3 is 0 Å². The summed E-state index contributed by atoms with van der Waals surface area (Å²) in [6, 6.07) is 35.9. The van der Waals surface area contributed by atoms with E-state index in [1.165, 1.54) is 18.0 Å². The van der Waals surface area contributed by atoms with Crippen molar-refractivity contribution in [2.45, 2.75) is 10.1 Å². The predicted octanol–water partition coefficient (Wildman–Crippen LogP) is 8.38. The van der Waals surface area contributed by atoms with E-state index in [2.05, 4.69) is 36.9 Å². The van der Waals surface area contributed by atoms with Gasteiger partial charge in [0.25, 0.3) is 11.8 Å². The molecular formula is C35H26BrClN4O3S. The fourth-order valence-corrected chi connectivity index (χ4v) is 5.56. The second-order valence-electron chi connectivity index (χ2n) is 9.67. The topological polar surface area (TPSA) is 100 Å². The van der Waals surface area contributed by atoms with Crippen LogP contribution in [0.4, 0.5) is 11.5 Å². The number of hydrogen-bond acceptors (Lipinski definition) is 5. The molecule has 3 amide bonds. The van der Waals surface area contributed by atoms with Crippen LogP contribution in [0.5, 0.6) is 0 Å². The molecule has 0 spiro atoms. The van der Waals surface area contributed by atoms with Crippen LogP contribution in [0.3, 0.4) is 0 Å². The summed E-state index contributed by atoms with van der Waals surface area (Å²) in [5.41, 5.74) is 2.59. The van der Waals surface area contributed by atoms with Crippen molar-refractivity contribution >= 4 is 74.6 Å².